The van der Waals surface area contributed by atoms with Crippen LogP contribution in [0.2, 0.25) is 0 Å². The van der Waals surface area contributed by atoms with Crippen LogP contribution >= 0.6 is 0 Å². The molecule has 0 aliphatic heterocycles. The zero-order valence-electron chi connectivity index (χ0n) is 9.86. The maximum Gasteiger partial charge on any atom is 0.312 e. The second-order valence-corrected chi connectivity index (χ2v) is 3.91. The summed E-state index contributed by atoms with van der Waals surface area (Å²) in [5.74, 6) is -1.12. The maximum atomic E-state index is 11.5. The Morgan fingerprint density at radius 2 is 1.82 bits per heavy atom. The minimum atomic E-state index is -0.805. The highest BCUT2D eigenvalue weighted by molar-refractivity contribution is 5.86. The summed E-state index contributed by atoms with van der Waals surface area (Å²) in [4.78, 5) is 37.1. The zero-order valence-corrected chi connectivity index (χ0v) is 9.86. The number of hydrogen-bond donors (Lipinski definition) is 4. The Hall–Kier alpha value is -1.83. The van der Waals surface area contributed by atoms with Crippen molar-refractivity contribution in [3.8, 4) is 0 Å². The molecule has 6 N–H and O–H groups in total. The lowest BCUT2D eigenvalue weighted by Crippen LogP contribution is -2.49. The van der Waals surface area contributed by atoms with Crippen LogP contribution in [0.15, 0.2) is 0 Å². The van der Waals surface area contributed by atoms with Crippen molar-refractivity contribution in [3.05, 3.63) is 0 Å². The van der Waals surface area contributed by atoms with Crippen LogP contribution in [0, 0.1) is 5.92 Å². The summed E-state index contributed by atoms with van der Waals surface area (Å²) in [7, 11) is 0. The first-order valence-electron chi connectivity index (χ1n) is 5.08. The number of carbonyl (C=O) groups excluding carboxylic acids is 3. The van der Waals surface area contributed by atoms with E-state index in [-0.39, 0.29) is 5.92 Å². The zero-order chi connectivity index (χ0) is 13.4. The number of nitrogens with one attached hydrogen (secondary N) is 2. The van der Waals surface area contributed by atoms with Crippen LogP contribution in [0.1, 0.15) is 20.3 Å². The third-order valence-electron chi connectivity index (χ3n) is 1.73. The molecule has 4 amide bonds. The average molecular weight is 246 g/mol. The largest absolute Gasteiger partial charge is 0.368 e. The van der Waals surface area contributed by atoms with Gasteiger partial charge in [-0.05, 0) is 12.3 Å². The van der Waals surface area contributed by atoms with Crippen LogP contribution in [0.4, 0.5) is 4.79 Å². The molecule has 0 aromatic heterocycles. The van der Waals surface area contributed by atoms with Gasteiger partial charge in [-0.1, -0.05) is 13.8 Å². The van der Waals surface area contributed by atoms with Gasteiger partial charge in [-0.2, -0.15) is 0 Å². The third kappa shape index (κ3) is 8.03. The average Bonchev–Trinajstić information content (AvgIpc) is 2.14. The third-order valence-corrected chi connectivity index (χ3v) is 1.73. The van der Waals surface area contributed by atoms with Crippen molar-refractivity contribution in [3.63, 3.8) is 0 Å². The molecule has 0 saturated heterocycles. The maximum absolute atomic E-state index is 11.5. The van der Waals surface area contributed by atoms with E-state index in [1.54, 1.807) is 0 Å². The van der Waals surface area contributed by atoms with Crippen molar-refractivity contribution in [1.29, 1.82) is 0 Å². The molecule has 0 bridgehead atoms. The van der Waals surface area contributed by atoms with Gasteiger partial charge in [0.1, 0.15) is 6.04 Å². The monoisotopic (exact) mass is 246 g/mol. The van der Waals surface area contributed by atoms with Gasteiger partial charge in [0.15, 0.2) is 6.61 Å². The summed E-state index contributed by atoms with van der Waals surface area (Å²) in [6.07, 6.45) is 0.398. The smallest absolute Gasteiger partial charge is 0.312 e. The molecule has 8 nitrogen and oxygen atoms in total. The Balaban J connectivity index is 4.21. The van der Waals surface area contributed by atoms with Gasteiger partial charge in [0.2, 0.25) is 5.91 Å². The molecule has 0 aromatic rings. The van der Waals surface area contributed by atoms with Gasteiger partial charge in [0.05, 0.1) is 0 Å². The summed E-state index contributed by atoms with van der Waals surface area (Å²) < 4.78 is 0. The van der Waals surface area contributed by atoms with Gasteiger partial charge in [-0.3, -0.25) is 14.4 Å². The SMILES string of the molecule is CC(C)CC(NC(N)=O)C(=O)NOCC(N)=O. The fourth-order valence-electron chi connectivity index (χ4n) is 1.12. The number of hydrogen-bond acceptors (Lipinski definition) is 4. The lowest BCUT2D eigenvalue weighted by Gasteiger charge is -2.18. The van der Waals surface area contributed by atoms with E-state index in [4.69, 9.17) is 11.5 Å². The number of hydroxylamine groups is 1. The molecule has 0 spiro atoms. The van der Waals surface area contributed by atoms with Gasteiger partial charge in [0, 0.05) is 0 Å². The van der Waals surface area contributed by atoms with Crippen LogP contribution in [0.5, 0.6) is 0 Å². The number of rotatable bonds is 7. The van der Waals surface area contributed by atoms with Gasteiger partial charge < -0.3 is 16.8 Å². The second kappa shape index (κ2) is 7.44. The number of urea groups is 1. The second-order valence-electron chi connectivity index (χ2n) is 3.91. The molecule has 0 rings (SSSR count). The van der Waals surface area contributed by atoms with Crippen molar-refractivity contribution in [2.45, 2.75) is 26.3 Å². The first kappa shape index (κ1) is 15.2. The predicted molar refractivity (Wildman–Crippen MR) is 59.3 cm³/mol. The van der Waals surface area contributed by atoms with E-state index in [2.05, 4.69) is 10.2 Å². The molecule has 0 aromatic carbocycles. The van der Waals surface area contributed by atoms with Crippen LogP contribution in [-0.4, -0.2) is 30.5 Å². The minimum absolute atomic E-state index is 0.175. The topological polar surface area (TPSA) is 137 Å². The van der Waals surface area contributed by atoms with E-state index in [0.29, 0.717) is 6.42 Å². The van der Waals surface area contributed by atoms with Crippen LogP contribution in [0.3, 0.4) is 0 Å². The number of primary amides is 2. The first-order valence-corrected chi connectivity index (χ1v) is 5.08. The number of carbonyl (C=O) groups is 3. The Bertz CT molecular complexity index is 293. The highest BCUT2D eigenvalue weighted by Gasteiger charge is 2.21. The van der Waals surface area contributed by atoms with Crippen LogP contribution < -0.4 is 22.3 Å². The summed E-state index contributed by atoms with van der Waals surface area (Å²) >= 11 is 0. The molecule has 1 unspecified atom stereocenters. The van der Waals surface area contributed by atoms with Gasteiger partial charge in [-0.15, -0.1) is 0 Å². The molecule has 1 atom stereocenters. The Kier molecular flexibility index (Phi) is 6.64. The van der Waals surface area contributed by atoms with Crippen molar-refractivity contribution < 1.29 is 19.2 Å². The molecule has 0 saturated carbocycles. The number of nitrogens with two attached hydrogens (primary N) is 2. The van der Waals surface area contributed by atoms with E-state index in [1.807, 2.05) is 19.3 Å². The molecule has 8 heteroatoms. The standard InChI is InChI=1S/C9H18N4O4/c1-5(2)3-6(12-9(11)16)8(15)13-17-4-7(10)14/h5-6H,3-4H2,1-2H3,(H2,10,14)(H,13,15)(H3,11,12,16). The fraction of sp³-hybridized carbons (Fsp3) is 0.667. The number of amides is 4. The van der Waals surface area contributed by atoms with Crippen molar-refractivity contribution >= 4 is 17.8 Å². The van der Waals surface area contributed by atoms with Gasteiger partial charge >= 0.3 is 6.03 Å². The highest BCUT2D eigenvalue weighted by atomic mass is 16.7. The van der Waals surface area contributed by atoms with Crippen molar-refractivity contribution in [2.24, 2.45) is 17.4 Å². The first-order chi connectivity index (χ1) is 7.82. The van der Waals surface area contributed by atoms with E-state index in [1.165, 1.54) is 0 Å². The fourth-order valence-corrected chi connectivity index (χ4v) is 1.12. The summed E-state index contributed by atoms with van der Waals surface area (Å²) in [5, 5.41) is 2.28. The molecule has 0 radical (unpaired) electrons. The normalized spacial score (nSPS) is 11.9. The molecule has 0 fully saturated rings. The van der Waals surface area contributed by atoms with E-state index >= 15 is 0 Å². The molecular weight excluding hydrogens is 228 g/mol. The molecule has 17 heavy (non-hydrogen) atoms. The van der Waals surface area contributed by atoms with Gasteiger partial charge in [-0.25, -0.2) is 10.3 Å². The quantitative estimate of drug-likeness (QED) is 0.411. The van der Waals surface area contributed by atoms with E-state index < -0.39 is 30.5 Å². The van der Waals surface area contributed by atoms with Gasteiger partial charge in [0.25, 0.3) is 5.91 Å². The molecular formula is C9H18N4O4. The summed E-state index contributed by atoms with van der Waals surface area (Å²) in [6.45, 7) is 3.33. The predicted octanol–water partition coefficient (Wildman–Crippen LogP) is -1.40. The van der Waals surface area contributed by atoms with Crippen molar-refractivity contribution in [1.82, 2.24) is 10.8 Å². The van der Waals surface area contributed by atoms with E-state index in [9.17, 15) is 14.4 Å². The highest BCUT2D eigenvalue weighted by Crippen LogP contribution is 2.04. The molecule has 0 aliphatic rings. The van der Waals surface area contributed by atoms with E-state index in [0.717, 1.165) is 0 Å². The lowest BCUT2D eigenvalue weighted by atomic mass is 10.0. The molecule has 0 heterocycles. The minimum Gasteiger partial charge on any atom is -0.368 e. The lowest BCUT2D eigenvalue weighted by molar-refractivity contribution is -0.139. The van der Waals surface area contributed by atoms with Crippen LogP contribution in [-0.2, 0) is 14.4 Å². The van der Waals surface area contributed by atoms with Crippen LogP contribution in [0.25, 0.3) is 0 Å². The molecule has 0 aliphatic carbocycles. The molecule has 98 valence electrons. The summed E-state index contributed by atoms with van der Waals surface area (Å²) in [5.41, 5.74) is 11.8. The van der Waals surface area contributed by atoms with Crippen molar-refractivity contribution in [2.75, 3.05) is 6.61 Å². The summed E-state index contributed by atoms with van der Waals surface area (Å²) in [6, 6.07) is -1.61. The Labute approximate surface area is 99.0 Å². The Morgan fingerprint density at radius 1 is 1.24 bits per heavy atom. The Morgan fingerprint density at radius 3 is 2.24 bits per heavy atom.